The van der Waals surface area contributed by atoms with Crippen LogP contribution in [0.1, 0.15) is 17.0 Å². The minimum Gasteiger partial charge on any atom is -0.491 e. The predicted octanol–water partition coefficient (Wildman–Crippen LogP) is 3.51. The van der Waals surface area contributed by atoms with Gasteiger partial charge in [0.25, 0.3) is 0 Å². The lowest BCUT2D eigenvalue weighted by molar-refractivity contribution is -0.137. The van der Waals surface area contributed by atoms with Crippen LogP contribution in [-0.2, 0) is 19.3 Å². The molecule has 1 N–H and O–H groups in total. The largest absolute Gasteiger partial charge is 0.491 e. The standard InChI is InChI=1S/C25H29F3N4O2/c26-25(27,28)21-6-8-23(9-7-21)34-19-22(33)17-30-12-14-31(15-13-30)18-24-29-10-11-32(24)16-20-4-2-1-3-5-20/h1-11,22,33H,12-19H2/t22-/m1/s1. The number of aromatic nitrogens is 2. The maximum absolute atomic E-state index is 12.6. The molecule has 1 aliphatic rings. The van der Waals surface area contributed by atoms with Crippen molar-refractivity contribution in [3.63, 3.8) is 0 Å². The van der Waals surface area contributed by atoms with Crippen LogP contribution in [0.25, 0.3) is 0 Å². The third-order valence-corrected chi connectivity index (χ3v) is 5.92. The van der Waals surface area contributed by atoms with Crippen molar-refractivity contribution in [1.29, 1.82) is 0 Å². The Morgan fingerprint density at radius 2 is 1.59 bits per heavy atom. The van der Waals surface area contributed by atoms with E-state index in [-0.39, 0.29) is 6.61 Å². The molecule has 0 unspecified atom stereocenters. The molecule has 1 atom stereocenters. The summed E-state index contributed by atoms with van der Waals surface area (Å²) in [6.07, 6.45) is -1.26. The first-order valence-corrected chi connectivity index (χ1v) is 11.3. The first kappa shape index (κ1) is 24.3. The van der Waals surface area contributed by atoms with E-state index in [1.165, 1.54) is 17.7 Å². The molecule has 0 radical (unpaired) electrons. The first-order valence-electron chi connectivity index (χ1n) is 11.3. The van der Waals surface area contributed by atoms with E-state index in [1.54, 1.807) is 0 Å². The summed E-state index contributed by atoms with van der Waals surface area (Å²) in [4.78, 5) is 9.06. The number of nitrogens with zero attached hydrogens (tertiary/aromatic N) is 4. The Kier molecular flexibility index (Phi) is 7.87. The number of benzene rings is 2. The number of hydrogen-bond acceptors (Lipinski definition) is 5. The van der Waals surface area contributed by atoms with Gasteiger partial charge in [0.05, 0.1) is 12.1 Å². The number of hydrogen-bond donors (Lipinski definition) is 1. The number of alkyl halides is 3. The summed E-state index contributed by atoms with van der Waals surface area (Å²) in [5.41, 5.74) is 0.514. The molecular formula is C25H29F3N4O2. The van der Waals surface area contributed by atoms with E-state index in [2.05, 4.69) is 31.5 Å². The smallest absolute Gasteiger partial charge is 0.416 e. The second-order valence-electron chi connectivity index (χ2n) is 8.52. The van der Waals surface area contributed by atoms with E-state index in [4.69, 9.17) is 4.74 Å². The van der Waals surface area contributed by atoms with Crippen molar-refractivity contribution in [3.05, 3.63) is 83.9 Å². The van der Waals surface area contributed by atoms with Crippen LogP contribution < -0.4 is 4.74 Å². The number of β-amino-alcohol motifs (C(OH)–C–C–N with tert-alkyl or cyclic N) is 1. The fourth-order valence-electron chi connectivity index (χ4n) is 4.03. The SMILES string of the molecule is O[C@@H](COc1ccc(C(F)(F)F)cc1)CN1CCN(Cc2nccn2Cc2ccccc2)CC1. The fraction of sp³-hybridized carbons (Fsp3) is 0.400. The third kappa shape index (κ3) is 6.82. The van der Waals surface area contributed by atoms with E-state index in [0.717, 1.165) is 57.2 Å². The van der Waals surface area contributed by atoms with Crippen molar-refractivity contribution in [2.75, 3.05) is 39.3 Å². The van der Waals surface area contributed by atoms with Crippen molar-refractivity contribution in [1.82, 2.24) is 19.4 Å². The third-order valence-electron chi connectivity index (χ3n) is 5.92. The van der Waals surface area contributed by atoms with Gasteiger partial charge in [0.1, 0.15) is 24.3 Å². The van der Waals surface area contributed by atoms with Gasteiger partial charge in [-0.05, 0) is 29.8 Å². The zero-order valence-corrected chi connectivity index (χ0v) is 18.9. The summed E-state index contributed by atoms with van der Waals surface area (Å²) in [6, 6.07) is 14.8. The monoisotopic (exact) mass is 474 g/mol. The molecule has 2 aromatic carbocycles. The van der Waals surface area contributed by atoms with E-state index in [9.17, 15) is 18.3 Å². The summed E-state index contributed by atoms with van der Waals surface area (Å²) in [6.45, 7) is 5.41. The maximum atomic E-state index is 12.6. The highest BCUT2D eigenvalue weighted by molar-refractivity contribution is 5.28. The molecule has 6 nitrogen and oxygen atoms in total. The molecular weight excluding hydrogens is 445 g/mol. The number of imidazole rings is 1. The molecule has 3 aromatic rings. The highest BCUT2D eigenvalue weighted by atomic mass is 19.4. The summed E-state index contributed by atoms with van der Waals surface area (Å²) in [5, 5.41) is 10.3. The van der Waals surface area contributed by atoms with Gasteiger partial charge in [-0.3, -0.25) is 9.80 Å². The van der Waals surface area contributed by atoms with Gasteiger partial charge in [-0.15, -0.1) is 0 Å². The van der Waals surface area contributed by atoms with Crippen molar-refractivity contribution in [3.8, 4) is 5.75 Å². The predicted molar refractivity (Wildman–Crippen MR) is 122 cm³/mol. The minimum atomic E-state index is -4.37. The van der Waals surface area contributed by atoms with Crippen molar-refractivity contribution in [2.45, 2.75) is 25.4 Å². The van der Waals surface area contributed by atoms with Crippen molar-refractivity contribution >= 4 is 0 Å². The van der Waals surface area contributed by atoms with E-state index in [1.807, 2.05) is 30.6 Å². The zero-order valence-electron chi connectivity index (χ0n) is 18.9. The molecule has 1 fully saturated rings. The lowest BCUT2D eigenvalue weighted by atomic mass is 10.2. The van der Waals surface area contributed by atoms with E-state index < -0.39 is 17.8 Å². The van der Waals surface area contributed by atoms with Crippen LogP contribution in [0, 0.1) is 0 Å². The molecule has 1 aromatic heterocycles. The Morgan fingerprint density at radius 3 is 2.26 bits per heavy atom. The Labute approximate surface area is 197 Å². The number of ether oxygens (including phenoxy) is 1. The van der Waals surface area contributed by atoms with Gasteiger partial charge in [-0.2, -0.15) is 13.2 Å². The molecule has 4 rings (SSSR count). The average molecular weight is 475 g/mol. The average Bonchev–Trinajstić information content (AvgIpc) is 3.25. The molecule has 182 valence electrons. The van der Waals surface area contributed by atoms with Gasteiger partial charge in [-0.25, -0.2) is 4.98 Å². The molecule has 2 heterocycles. The van der Waals surface area contributed by atoms with E-state index >= 15 is 0 Å². The zero-order chi connectivity index (χ0) is 24.0. The number of aliphatic hydroxyl groups is 1. The minimum absolute atomic E-state index is 0.0303. The number of rotatable bonds is 9. The van der Waals surface area contributed by atoms with Crippen LogP contribution in [0.4, 0.5) is 13.2 Å². The summed E-state index contributed by atoms with van der Waals surface area (Å²) < 4.78 is 45.6. The summed E-state index contributed by atoms with van der Waals surface area (Å²) in [7, 11) is 0. The molecule has 9 heteroatoms. The van der Waals surface area contributed by atoms with Crippen molar-refractivity contribution in [2.24, 2.45) is 0 Å². The second-order valence-corrected chi connectivity index (χ2v) is 8.52. The van der Waals surface area contributed by atoms with Gasteiger partial charge >= 0.3 is 6.18 Å². The first-order chi connectivity index (χ1) is 16.4. The van der Waals surface area contributed by atoms with Gasteiger partial charge < -0.3 is 14.4 Å². The quantitative estimate of drug-likeness (QED) is 0.515. The lowest BCUT2D eigenvalue weighted by Crippen LogP contribution is -2.49. The van der Waals surface area contributed by atoms with Crippen LogP contribution in [0.3, 0.4) is 0 Å². The molecule has 0 amide bonds. The normalized spacial score (nSPS) is 16.5. The molecule has 1 aliphatic heterocycles. The van der Waals surface area contributed by atoms with Gasteiger partial charge in [-0.1, -0.05) is 30.3 Å². The Hall–Kier alpha value is -2.88. The molecule has 0 bridgehead atoms. The number of piperazine rings is 1. The van der Waals surface area contributed by atoms with Crippen LogP contribution in [0.5, 0.6) is 5.75 Å². The van der Waals surface area contributed by atoms with Crippen LogP contribution in [0.2, 0.25) is 0 Å². The van der Waals surface area contributed by atoms with Crippen LogP contribution in [-0.4, -0.2) is 69.9 Å². The maximum Gasteiger partial charge on any atom is 0.416 e. The second kappa shape index (κ2) is 11.0. The Morgan fingerprint density at radius 1 is 0.912 bits per heavy atom. The number of halogens is 3. The molecule has 34 heavy (non-hydrogen) atoms. The lowest BCUT2D eigenvalue weighted by Gasteiger charge is -2.35. The topological polar surface area (TPSA) is 53.8 Å². The van der Waals surface area contributed by atoms with Crippen LogP contribution in [0.15, 0.2) is 67.0 Å². The molecule has 0 spiro atoms. The Bertz CT molecular complexity index is 1020. The van der Waals surface area contributed by atoms with Gasteiger partial charge in [0.2, 0.25) is 0 Å². The fourth-order valence-corrected chi connectivity index (χ4v) is 4.03. The summed E-state index contributed by atoms with van der Waals surface area (Å²) in [5.74, 6) is 1.34. The molecule has 0 saturated carbocycles. The molecule has 0 aliphatic carbocycles. The summed E-state index contributed by atoms with van der Waals surface area (Å²) >= 11 is 0. The highest BCUT2D eigenvalue weighted by Crippen LogP contribution is 2.30. The van der Waals surface area contributed by atoms with Crippen molar-refractivity contribution < 1.29 is 23.0 Å². The highest BCUT2D eigenvalue weighted by Gasteiger charge is 2.30. The molecule has 1 saturated heterocycles. The van der Waals surface area contributed by atoms with Gasteiger partial charge in [0.15, 0.2) is 0 Å². The van der Waals surface area contributed by atoms with E-state index in [0.29, 0.717) is 12.3 Å². The van der Waals surface area contributed by atoms with Gasteiger partial charge in [0, 0.05) is 51.7 Å². The number of aliphatic hydroxyl groups excluding tert-OH is 1. The van der Waals surface area contributed by atoms with Crippen LogP contribution >= 0.6 is 0 Å². The Balaban J connectivity index is 1.18.